The first-order valence-electron chi connectivity index (χ1n) is 1.21. The maximum atomic E-state index is 3.49. The van der Waals surface area contributed by atoms with Gasteiger partial charge in [0.25, 0.3) is 0 Å². The van der Waals surface area contributed by atoms with Crippen LogP contribution in [0.4, 0.5) is 0 Å². The Morgan fingerprint density at radius 2 is 1.14 bits per heavy atom. The van der Waals surface area contributed by atoms with Gasteiger partial charge in [-0.2, -0.15) is 6.42 Å². The number of rotatable bonds is 0. The summed E-state index contributed by atoms with van der Waals surface area (Å²) < 4.78 is 0. The minimum atomic E-state index is 0. The summed E-state index contributed by atoms with van der Waals surface area (Å²) in [5.74, 6) is 0. The predicted octanol–water partition coefficient (Wildman–Crippen LogP) is 0.698. The fraction of sp³-hybridized carbons (Fsp3) is 0.667. The standard InChI is InChI=1S/C3H7.3H2O.Ti/c1-3-2;;;;/h1,3H2,2H3;3*1H2;/q-1;;;;+4/p-3. The van der Waals surface area contributed by atoms with Crippen LogP contribution >= 0.6 is 0 Å². The summed E-state index contributed by atoms with van der Waals surface area (Å²) in [4.78, 5) is 0. The van der Waals surface area contributed by atoms with Gasteiger partial charge < -0.3 is 23.4 Å². The normalized spacial score (nSPS) is 2.57. The molecule has 0 bridgehead atoms. The van der Waals surface area contributed by atoms with Gasteiger partial charge in [0.2, 0.25) is 0 Å². The molecule has 0 aromatic carbocycles. The van der Waals surface area contributed by atoms with Crippen molar-refractivity contribution in [1.82, 2.24) is 0 Å². The Kier molecular flexibility index (Phi) is 569. The Morgan fingerprint density at radius 1 is 1.14 bits per heavy atom. The van der Waals surface area contributed by atoms with Gasteiger partial charge in [-0.05, 0) is 0 Å². The van der Waals surface area contributed by atoms with E-state index in [1.807, 2.05) is 6.92 Å². The third-order valence-electron chi connectivity index (χ3n) is 0. The minimum Gasteiger partial charge on any atom is -0.870 e. The molecule has 0 saturated carbocycles. The smallest absolute Gasteiger partial charge is 0.870 e. The second-order valence-corrected chi connectivity index (χ2v) is 0.500. The third-order valence-corrected chi connectivity index (χ3v) is 0. The van der Waals surface area contributed by atoms with E-state index in [9.17, 15) is 0 Å². The van der Waals surface area contributed by atoms with Crippen molar-refractivity contribution in [2.45, 2.75) is 13.3 Å². The van der Waals surface area contributed by atoms with Crippen molar-refractivity contribution in [1.29, 1.82) is 0 Å². The first-order valence-corrected chi connectivity index (χ1v) is 1.21. The van der Waals surface area contributed by atoms with Crippen LogP contribution in [0, 0.1) is 6.92 Å². The number of hydrogen-bond acceptors (Lipinski definition) is 3. The van der Waals surface area contributed by atoms with Crippen LogP contribution in [0.5, 0.6) is 0 Å². The second-order valence-electron chi connectivity index (χ2n) is 0.500. The molecule has 0 fully saturated rings. The van der Waals surface area contributed by atoms with E-state index in [-0.39, 0.29) is 38.1 Å². The molecular weight excluding hydrogens is 132 g/mol. The van der Waals surface area contributed by atoms with Crippen LogP contribution in [-0.4, -0.2) is 16.4 Å². The van der Waals surface area contributed by atoms with E-state index in [0.717, 1.165) is 6.42 Å². The Hall–Kier alpha value is 0.594. The molecule has 0 aliphatic heterocycles. The van der Waals surface area contributed by atoms with Crippen molar-refractivity contribution >= 4 is 0 Å². The summed E-state index contributed by atoms with van der Waals surface area (Å²) in [6.07, 6.45) is 1.00. The molecule has 3 nitrogen and oxygen atoms in total. The fourth-order valence-corrected chi connectivity index (χ4v) is 0. The van der Waals surface area contributed by atoms with Gasteiger partial charge in [-0.25, -0.2) is 0 Å². The average molecular weight is 142 g/mol. The molecule has 44 valence electrons. The van der Waals surface area contributed by atoms with E-state index >= 15 is 0 Å². The molecule has 0 radical (unpaired) electrons. The molecule has 0 unspecified atom stereocenters. The molecule has 0 aromatic rings. The molecule has 0 aliphatic carbocycles. The van der Waals surface area contributed by atoms with Crippen LogP contribution < -0.4 is 0 Å². The monoisotopic (exact) mass is 142 g/mol. The summed E-state index contributed by atoms with van der Waals surface area (Å²) in [6, 6.07) is 0. The van der Waals surface area contributed by atoms with Gasteiger partial charge in [-0.1, -0.05) is 6.92 Å². The van der Waals surface area contributed by atoms with Gasteiger partial charge >= 0.3 is 21.7 Å². The largest absolute Gasteiger partial charge is 4.00 e. The van der Waals surface area contributed by atoms with E-state index < -0.39 is 0 Å². The first kappa shape index (κ1) is 49.1. The van der Waals surface area contributed by atoms with Crippen molar-refractivity contribution < 1.29 is 38.1 Å². The average Bonchev–Trinajstić information content (AvgIpc) is 0.918. The number of hydrogen-bond donors (Lipinski definition) is 0. The van der Waals surface area contributed by atoms with Gasteiger partial charge in [0.15, 0.2) is 0 Å². The Labute approximate surface area is 58.9 Å². The van der Waals surface area contributed by atoms with E-state index in [2.05, 4.69) is 6.92 Å². The molecule has 0 atom stereocenters. The van der Waals surface area contributed by atoms with Crippen molar-refractivity contribution in [2.24, 2.45) is 0 Å². The van der Waals surface area contributed by atoms with Gasteiger partial charge in [0.05, 0.1) is 0 Å². The molecule has 4 heteroatoms. The quantitative estimate of drug-likeness (QED) is 0.368. The van der Waals surface area contributed by atoms with Crippen molar-refractivity contribution in [3.63, 3.8) is 0 Å². The Bertz CT molecular complexity index is 10.1. The molecule has 3 N–H and O–H groups in total. The molecule has 0 heterocycles. The second kappa shape index (κ2) is 81.2. The molecule has 7 heavy (non-hydrogen) atoms. The summed E-state index contributed by atoms with van der Waals surface area (Å²) >= 11 is 0. The predicted molar refractivity (Wildman–Crippen MR) is 21.5 cm³/mol. The van der Waals surface area contributed by atoms with Crippen molar-refractivity contribution in [2.75, 3.05) is 0 Å². The topological polar surface area (TPSA) is 90.0 Å². The van der Waals surface area contributed by atoms with Crippen molar-refractivity contribution in [3.8, 4) is 0 Å². The Balaban J connectivity index is -0.00000000333. The van der Waals surface area contributed by atoms with Crippen LogP contribution in [-0.2, 0) is 21.7 Å². The first-order chi connectivity index (χ1) is 1.41. The van der Waals surface area contributed by atoms with E-state index in [4.69, 9.17) is 0 Å². The minimum absolute atomic E-state index is 0. The molecule has 0 rings (SSSR count). The maximum absolute atomic E-state index is 3.49. The molecular formula is C3H10O3Ti. The summed E-state index contributed by atoms with van der Waals surface area (Å²) in [5, 5.41) is 0. The SMILES string of the molecule is [CH2-]CC.[OH-].[OH-].[OH-].[Ti+4]. The maximum Gasteiger partial charge on any atom is 4.00 e. The summed E-state index contributed by atoms with van der Waals surface area (Å²) in [5.41, 5.74) is 0. The molecule has 0 amide bonds. The summed E-state index contributed by atoms with van der Waals surface area (Å²) in [6.45, 7) is 5.50. The van der Waals surface area contributed by atoms with Crippen LogP contribution in [0.1, 0.15) is 13.3 Å². The molecule has 0 aliphatic rings. The van der Waals surface area contributed by atoms with Gasteiger partial charge in [-0.3, -0.25) is 0 Å². The van der Waals surface area contributed by atoms with Crippen molar-refractivity contribution in [3.05, 3.63) is 6.92 Å². The van der Waals surface area contributed by atoms with Gasteiger partial charge in [0.1, 0.15) is 0 Å². The van der Waals surface area contributed by atoms with Crippen LogP contribution in [0.2, 0.25) is 0 Å². The molecule has 0 saturated heterocycles. The summed E-state index contributed by atoms with van der Waals surface area (Å²) in [7, 11) is 0. The zero-order valence-electron chi connectivity index (χ0n) is 4.26. The molecule has 0 aromatic heterocycles. The van der Waals surface area contributed by atoms with Gasteiger partial charge in [0, 0.05) is 0 Å². The Morgan fingerprint density at radius 3 is 1.14 bits per heavy atom. The van der Waals surface area contributed by atoms with Crippen LogP contribution in [0.15, 0.2) is 0 Å². The van der Waals surface area contributed by atoms with E-state index in [1.54, 1.807) is 0 Å². The molecule has 0 spiro atoms. The fourth-order valence-electron chi connectivity index (χ4n) is 0. The van der Waals surface area contributed by atoms with Crippen LogP contribution in [0.3, 0.4) is 0 Å². The van der Waals surface area contributed by atoms with Gasteiger partial charge in [-0.15, -0.1) is 0 Å². The van der Waals surface area contributed by atoms with E-state index in [1.165, 1.54) is 0 Å². The third kappa shape index (κ3) is 394. The van der Waals surface area contributed by atoms with Crippen LogP contribution in [0.25, 0.3) is 0 Å². The van der Waals surface area contributed by atoms with E-state index in [0.29, 0.717) is 0 Å². The zero-order valence-corrected chi connectivity index (χ0v) is 5.82. The zero-order chi connectivity index (χ0) is 2.71.